The number of piperidine rings is 1. The largest absolute Gasteiger partial charge is 0.388 e. The van der Waals surface area contributed by atoms with Crippen molar-refractivity contribution in [2.24, 2.45) is 0 Å². The number of nitrogens with one attached hydrogen (secondary N) is 1. The van der Waals surface area contributed by atoms with E-state index in [0.29, 0.717) is 6.54 Å². The molecule has 4 heteroatoms. The number of aliphatic hydroxyl groups is 1. The second kappa shape index (κ2) is 6.15. The maximum Gasteiger partial charge on any atom is 0.0794 e. The summed E-state index contributed by atoms with van der Waals surface area (Å²) in [4.78, 5) is 2.22. The zero-order valence-corrected chi connectivity index (χ0v) is 14.3. The Labute approximate surface area is 133 Å². The van der Waals surface area contributed by atoms with E-state index in [1.54, 1.807) is 0 Å². The summed E-state index contributed by atoms with van der Waals surface area (Å²) in [5, 5.41) is 14.5. The second-order valence-electron chi connectivity index (χ2n) is 7.40. The first-order valence-corrected chi connectivity index (χ1v) is 8.05. The molecular weight excluding hydrogens is 284 g/mol. The average molecular weight is 311 g/mol. The summed E-state index contributed by atoms with van der Waals surface area (Å²) >= 11 is 6.42. The number of nitrogens with zero attached hydrogens (tertiary/aromatic N) is 1. The number of hydrogen-bond donors (Lipinski definition) is 2. The van der Waals surface area contributed by atoms with E-state index >= 15 is 0 Å². The third-order valence-corrected chi connectivity index (χ3v) is 4.24. The van der Waals surface area contributed by atoms with E-state index in [9.17, 15) is 5.11 Å². The summed E-state index contributed by atoms with van der Waals surface area (Å²) < 4.78 is 0. The fraction of sp³-hybridized carbons (Fsp3) is 0.647. The Morgan fingerprint density at radius 3 is 2.67 bits per heavy atom. The number of halogens is 1. The van der Waals surface area contributed by atoms with Crippen LogP contribution in [0.3, 0.4) is 0 Å². The van der Waals surface area contributed by atoms with Crippen LogP contribution in [0.15, 0.2) is 18.2 Å². The molecule has 1 aliphatic heterocycles. The van der Waals surface area contributed by atoms with Gasteiger partial charge in [0.15, 0.2) is 0 Å². The lowest BCUT2D eigenvalue weighted by Crippen LogP contribution is -2.46. The topological polar surface area (TPSA) is 35.5 Å². The van der Waals surface area contributed by atoms with Crippen LogP contribution in [-0.4, -0.2) is 29.3 Å². The standard InChI is InChI=1S/C17H27ClN2O/c1-16(2,3)19-11-13-6-7-14(10-15(13)18)20-9-5-8-17(4,21)12-20/h6-7,10,19,21H,5,8-9,11-12H2,1-4H3. The van der Waals surface area contributed by atoms with E-state index in [2.05, 4.69) is 43.1 Å². The summed E-state index contributed by atoms with van der Waals surface area (Å²) in [5.74, 6) is 0. The lowest BCUT2D eigenvalue weighted by Gasteiger charge is -2.38. The van der Waals surface area contributed by atoms with Crippen LogP contribution in [0.5, 0.6) is 0 Å². The van der Waals surface area contributed by atoms with Gasteiger partial charge in [0.25, 0.3) is 0 Å². The first-order chi connectivity index (χ1) is 9.66. The molecule has 1 unspecified atom stereocenters. The predicted octanol–water partition coefficient (Wildman–Crippen LogP) is 3.58. The molecule has 2 N–H and O–H groups in total. The van der Waals surface area contributed by atoms with Gasteiger partial charge in [0.1, 0.15) is 0 Å². The van der Waals surface area contributed by atoms with E-state index in [4.69, 9.17) is 11.6 Å². The van der Waals surface area contributed by atoms with Gasteiger partial charge in [-0.2, -0.15) is 0 Å². The Morgan fingerprint density at radius 2 is 2.10 bits per heavy atom. The summed E-state index contributed by atoms with van der Waals surface area (Å²) in [5.41, 5.74) is 1.68. The third kappa shape index (κ3) is 4.87. The van der Waals surface area contributed by atoms with Gasteiger partial charge in [-0.25, -0.2) is 0 Å². The lowest BCUT2D eigenvalue weighted by molar-refractivity contribution is 0.0449. The highest BCUT2D eigenvalue weighted by Crippen LogP contribution is 2.29. The highest BCUT2D eigenvalue weighted by Gasteiger charge is 2.28. The van der Waals surface area contributed by atoms with Crippen molar-refractivity contribution in [3.05, 3.63) is 28.8 Å². The fourth-order valence-electron chi connectivity index (χ4n) is 2.68. The molecule has 1 saturated heterocycles. The summed E-state index contributed by atoms with van der Waals surface area (Å²) in [6.07, 6.45) is 1.88. The highest BCUT2D eigenvalue weighted by atomic mass is 35.5. The van der Waals surface area contributed by atoms with Crippen LogP contribution >= 0.6 is 11.6 Å². The first kappa shape index (κ1) is 16.6. The molecule has 1 atom stereocenters. The van der Waals surface area contributed by atoms with E-state index < -0.39 is 5.60 Å². The van der Waals surface area contributed by atoms with Crippen molar-refractivity contribution in [3.63, 3.8) is 0 Å². The van der Waals surface area contributed by atoms with Crippen LogP contribution in [0, 0.1) is 0 Å². The van der Waals surface area contributed by atoms with Gasteiger partial charge >= 0.3 is 0 Å². The molecule has 3 nitrogen and oxygen atoms in total. The van der Waals surface area contributed by atoms with Crippen LogP contribution in [0.1, 0.15) is 46.1 Å². The van der Waals surface area contributed by atoms with Gasteiger partial charge in [-0.15, -0.1) is 0 Å². The van der Waals surface area contributed by atoms with Crippen molar-refractivity contribution in [2.75, 3.05) is 18.0 Å². The molecule has 0 radical (unpaired) electrons. The van der Waals surface area contributed by atoms with E-state index in [1.165, 1.54) is 0 Å². The van der Waals surface area contributed by atoms with Crippen LogP contribution < -0.4 is 10.2 Å². The minimum absolute atomic E-state index is 0.0770. The molecule has 2 rings (SSSR count). The number of β-amino-alcohol motifs (C(OH)–C–C–N with tert-alkyl or cyclic N) is 1. The molecule has 21 heavy (non-hydrogen) atoms. The van der Waals surface area contributed by atoms with Gasteiger partial charge in [0, 0.05) is 35.9 Å². The second-order valence-corrected chi connectivity index (χ2v) is 7.81. The molecule has 0 aliphatic carbocycles. The summed E-state index contributed by atoms with van der Waals surface area (Å²) in [6, 6.07) is 6.20. The Bertz CT molecular complexity index is 494. The minimum atomic E-state index is -0.600. The van der Waals surface area contributed by atoms with Crippen LogP contribution in [0.25, 0.3) is 0 Å². The Balaban J connectivity index is 2.08. The number of benzene rings is 1. The molecule has 0 saturated carbocycles. The van der Waals surface area contributed by atoms with E-state index in [0.717, 1.165) is 42.2 Å². The maximum atomic E-state index is 10.2. The van der Waals surface area contributed by atoms with Crippen molar-refractivity contribution in [3.8, 4) is 0 Å². The summed E-state index contributed by atoms with van der Waals surface area (Å²) in [7, 11) is 0. The molecule has 118 valence electrons. The Hall–Kier alpha value is -0.770. The SMILES string of the molecule is CC1(O)CCCN(c2ccc(CNC(C)(C)C)c(Cl)c2)C1. The normalized spacial score (nSPS) is 23.4. The lowest BCUT2D eigenvalue weighted by atomic mass is 9.94. The van der Waals surface area contributed by atoms with Crippen LogP contribution in [0.2, 0.25) is 5.02 Å². The van der Waals surface area contributed by atoms with E-state index in [1.807, 2.05) is 13.0 Å². The van der Waals surface area contributed by atoms with Gasteiger partial charge in [-0.05, 0) is 58.2 Å². The van der Waals surface area contributed by atoms with Gasteiger partial charge < -0.3 is 15.3 Å². The average Bonchev–Trinajstić information content (AvgIpc) is 2.35. The maximum absolute atomic E-state index is 10.2. The number of hydrogen-bond acceptors (Lipinski definition) is 3. The van der Waals surface area contributed by atoms with E-state index in [-0.39, 0.29) is 5.54 Å². The van der Waals surface area contributed by atoms with Gasteiger partial charge in [-0.3, -0.25) is 0 Å². The zero-order chi connectivity index (χ0) is 15.7. The number of rotatable bonds is 3. The monoisotopic (exact) mass is 310 g/mol. The van der Waals surface area contributed by atoms with Crippen LogP contribution in [0.4, 0.5) is 5.69 Å². The number of anilines is 1. The quantitative estimate of drug-likeness (QED) is 0.896. The molecular formula is C17H27ClN2O. The molecule has 1 fully saturated rings. The Morgan fingerprint density at radius 1 is 1.38 bits per heavy atom. The zero-order valence-electron chi connectivity index (χ0n) is 13.5. The molecule has 0 aromatic heterocycles. The molecule has 0 bridgehead atoms. The molecule has 1 aromatic carbocycles. The predicted molar refractivity (Wildman–Crippen MR) is 90.1 cm³/mol. The Kier molecular flexibility index (Phi) is 4.86. The smallest absolute Gasteiger partial charge is 0.0794 e. The molecule has 0 spiro atoms. The van der Waals surface area contributed by atoms with Crippen molar-refractivity contribution in [1.29, 1.82) is 0 Å². The van der Waals surface area contributed by atoms with Crippen LogP contribution in [-0.2, 0) is 6.54 Å². The minimum Gasteiger partial charge on any atom is -0.388 e. The molecule has 1 aliphatic rings. The van der Waals surface area contributed by atoms with Gasteiger partial charge in [0.2, 0.25) is 0 Å². The van der Waals surface area contributed by atoms with Crippen molar-refractivity contribution in [1.82, 2.24) is 5.32 Å². The molecule has 1 aromatic rings. The fourth-order valence-corrected chi connectivity index (χ4v) is 2.92. The van der Waals surface area contributed by atoms with Gasteiger partial charge in [0.05, 0.1) is 5.60 Å². The highest BCUT2D eigenvalue weighted by molar-refractivity contribution is 6.31. The molecule has 1 heterocycles. The first-order valence-electron chi connectivity index (χ1n) is 7.67. The van der Waals surface area contributed by atoms with Crippen molar-refractivity contribution in [2.45, 2.75) is 58.2 Å². The van der Waals surface area contributed by atoms with Crippen molar-refractivity contribution >= 4 is 17.3 Å². The van der Waals surface area contributed by atoms with Crippen molar-refractivity contribution < 1.29 is 5.11 Å². The van der Waals surface area contributed by atoms with Gasteiger partial charge in [-0.1, -0.05) is 17.7 Å². The summed E-state index contributed by atoms with van der Waals surface area (Å²) in [6.45, 7) is 10.7. The molecule has 0 amide bonds. The third-order valence-electron chi connectivity index (χ3n) is 3.89.